The number of ether oxygens (including phenoxy) is 1. The second-order valence-electron chi connectivity index (χ2n) is 5.70. The third-order valence-electron chi connectivity index (χ3n) is 3.94. The van der Waals surface area contributed by atoms with E-state index in [1.54, 1.807) is 0 Å². The van der Waals surface area contributed by atoms with Crippen LogP contribution in [-0.4, -0.2) is 28.4 Å². The van der Waals surface area contributed by atoms with Crippen LogP contribution >= 0.6 is 12.4 Å². The lowest BCUT2D eigenvalue weighted by molar-refractivity contribution is 0.123. The zero-order chi connectivity index (χ0) is 13.4. The molecular formula is C15H22ClN3O. The molecule has 4 nitrogen and oxygen atoms in total. The summed E-state index contributed by atoms with van der Waals surface area (Å²) < 4.78 is 6.22. The quantitative estimate of drug-likeness (QED) is 0.894. The standard InChI is InChI=1S/C15H21N3O.ClH/c1-9-6-12(7-10(2)17-9)19-15-5-4-14-13(11(15)3)8-16-18-14;/h4-5,8-10,12,17H,6-7H2,1-3H3,(H,16,18);1H. The molecular weight excluding hydrogens is 274 g/mol. The Morgan fingerprint density at radius 2 is 1.90 bits per heavy atom. The van der Waals surface area contributed by atoms with Crippen molar-refractivity contribution in [2.45, 2.75) is 51.8 Å². The van der Waals surface area contributed by atoms with Gasteiger partial charge in [-0.2, -0.15) is 5.10 Å². The van der Waals surface area contributed by atoms with Gasteiger partial charge in [0.25, 0.3) is 0 Å². The molecule has 2 aromatic rings. The SMILES string of the molecule is Cc1c(OC2CC(C)NC(C)C2)ccc2[nH]ncc12.Cl. The van der Waals surface area contributed by atoms with Gasteiger partial charge in [-0.15, -0.1) is 12.4 Å². The molecule has 0 amide bonds. The first-order valence-electron chi connectivity index (χ1n) is 6.99. The number of rotatable bonds is 2. The van der Waals surface area contributed by atoms with Crippen molar-refractivity contribution in [1.82, 2.24) is 15.5 Å². The van der Waals surface area contributed by atoms with Gasteiger partial charge in [0, 0.05) is 23.0 Å². The molecule has 0 aliphatic carbocycles. The Kier molecular flexibility index (Phi) is 4.55. The first-order chi connectivity index (χ1) is 9.13. The van der Waals surface area contributed by atoms with Crippen molar-refractivity contribution in [3.05, 3.63) is 23.9 Å². The molecule has 2 heterocycles. The average molecular weight is 296 g/mol. The molecule has 1 aliphatic rings. The van der Waals surface area contributed by atoms with E-state index in [0.29, 0.717) is 18.2 Å². The Morgan fingerprint density at radius 3 is 2.60 bits per heavy atom. The van der Waals surface area contributed by atoms with Crippen molar-refractivity contribution in [3.63, 3.8) is 0 Å². The number of halogens is 1. The fraction of sp³-hybridized carbons (Fsp3) is 0.533. The zero-order valence-corrected chi connectivity index (χ0v) is 13.0. The predicted octanol–water partition coefficient (Wildman–Crippen LogP) is 3.20. The van der Waals surface area contributed by atoms with Crippen LogP contribution in [0.2, 0.25) is 0 Å². The number of H-pyrrole nitrogens is 1. The zero-order valence-electron chi connectivity index (χ0n) is 12.1. The molecule has 2 N–H and O–H groups in total. The Bertz CT molecular complexity index is 574. The molecule has 2 atom stereocenters. The van der Waals surface area contributed by atoms with E-state index in [2.05, 4.69) is 36.3 Å². The van der Waals surface area contributed by atoms with Crippen LogP contribution in [0.15, 0.2) is 18.3 Å². The summed E-state index contributed by atoms with van der Waals surface area (Å²) in [6.45, 7) is 6.54. The normalized spacial score (nSPS) is 26.2. The summed E-state index contributed by atoms with van der Waals surface area (Å²) in [6.07, 6.45) is 4.29. The van der Waals surface area contributed by atoms with Gasteiger partial charge in [0.15, 0.2) is 0 Å². The van der Waals surface area contributed by atoms with Crippen molar-refractivity contribution in [3.8, 4) is 5.75 Å². The number of benzene rings is 1. The van der Waals surface area contributed by atoms with Crippen LogP contribution in [0.5, 0.6) is 5.75 Å². The lowest BCUT2D eigenvalue weighted by Crippen LogP contribution is -2.46. The number of hydrogen-bond acceptors (Lipinski definition) is 3. The van der Waals surface area contributed by atoms with Gasteiger partial charge in [0.05, 0.1) is 11.7 Å². The van der Waals surface area contributed by atoms with Crippen molar-refractivity contribution in [2.75, 3.05) is 0 Å². The van der Waals surface area contributed by atoms with Gasteiger partial charge in [-0.3, -0.25) is 5.10 Å². The van der Waals surface area contributed by atoms with Gasteiger partial charge in [-0.25, -0.2) is 0 Å². The monoisotopic (exact) mass is 295 g/mol. The molecule has 20 heavy (non-hydrogen) atoms. The second kappa shape index (κ2) is 6.02. The third kappa shape index (κ3) is 2.91. The first kappa shape index (κ1) is 15.1. The van der Waals surface area contributed by atoms with Gasteiger partial charge in [-0.1, -0.05) is 0 Å². The minimum atomic E-state index is 0. The minimum absolute atomic E-state index is 0. The van der Waals surface area contributed by atoms with E-state index in [-0.39, 0.29) is 12.4 Å². The number of fused-ring (bicyclic) bond motifs is 1. The number of hydrogen-bond donors (Lipinski definition) is 2. The summed E-state index contributed by atoms with van der Waals surface area (Å²) in [5, 5.41) is 11.8. The van der Waals surface area contributed by atoms with Crippen LogP contribution in [-0.2, 0) is 0 Å². The highest BCUT2D eigenvalue weighted by molar-refractivity contribution is 5.85. The van der Waals surface area contributed by atoms with Gasteiger partial charge in [-0.05, 0) is 45.7 Å². The van der Waals surface area contributed by atoms with E-state index < -0.39 is 0 Å². The predicted molar refractivity (Wildman–Crippen MR) is 83.8 cm³/mol. The van der Waals surface area contributed by atoms with E-state index >= 15 is 0 Å². The Morgan fingerprint density at radius 1 is 1.20 bits per heavy atom. The molecule has 2 unspecified atom stereocenters. The fourth-order valence-corrected chi connectivity index (χ4v) is 3.05. The molecule has 1 fully saturated rings. The van der Waals surface area contributed by atoms with Crippen LogP contribution in [0, 0.1) is 6.92 Å². The van der Waals surface area contributed by atoms with Crippen LogP contribution < -0.4 is 10.1 Å². The van der Waals surface area contributed by atoms with Crippen LogP contribution in [0.25, 0.3) is 10.9 Å². The Hall–Kier alpha value is -1.26. The number of aryl methyl sites for hydroxylation is 1. The van der Waals surface area contributed by atoms with Gasteiger partial charge in [0.2, 0.25) is 0 Å². The maximum Gasteiger partial charge on any atom is 0.123 e. The summed E-state index contributed by atoms with van der Waals surface area (Å²) in [7, 11) is 0. The summed E-state index contributed by atoms with van der Waals surface area (Å²) in [4.78, 5) is 0. The number of aromatic nitrogens is 2. The molecule has 0 saturated carbocycles. The van der Waals surface area contributed by atoms with E-state index in [1.807, 2.05) is 18.3 Å². The maximum absolute atomic E-state index is 6.22. The molecule has 3 rings (SSSR count). The molecule has 110 valence electrons. The number of piperidine rings is 1. The molecule has 1 aromatic carbocycles. The molecule has 5 heteroatoms. The Labute approximate surface area is 125 Å². The van der Waals surface area contributed by atoms with E-state index in [1.165, 1.54) is 5.56 Å². The fourth-order valence-electron chi connectivity index (χ4n) is 3.05. The van der Waals surface area contributed by atoms with Crippen LogP contribution in [0.3, 0.4) is 0 Å². The van der Waals surface area contributed by atoms with Crippen molar-refractivity contribution >= 4 is 23.3 Å². The Balaban J connectivity index is 0.00000147. The van der Waals surface area contributed by atoms with E-state index in [0.717, 1.165) is 29.5 Å². The lowest BCUT2D eigenvalue weighted by atomic mass is 9.97. The van der Waals surface area contributed by atoms with E-state index in [4.69, 9.17) is 4.74 Å². The van der Waals surface area contributed by atoms with Crippen LogP contribution in [0.4, 0.5) is 0 Å². The highest BCUT2D eigenvalue weighted by Gasteiger charge is 2.25. The smallest absolute Gasteiger partial charge is 0.123 e. The molecule has 0 spiro atoms. The number of nitrogens with one attached hydrogen (secondary N) is 2. The molecule has 1 saturated heterocycles. The summed E-state index contributed by atoms with van der Waals surface area (Å²) >= 11 is 0. The minimum Gasteiger partial charge on any atom is -0.490 e. The molecule has 1 aliphatic heterocycles. The molecule has 0 radical (unpaired) electrons. The molecule has 0 bridgehead atoms. The topological polar surface area (TPSA) is 49.9 Å². The maximum atomic E-state index is 6.22. The highest BCUT2D eigenvalue weighted by Crippen LogP contribution is 2.28. The second-order valence-corrected chi connectivity index (χ2v) is 5.70. The lowest BCUT2D eigenvalue weighted by Gasteiger charge is -2.33. The third-order valence-corrected chi connectivity index (χ3v) is 3.94. The first-order valence-corrected chi connectivity index (χ1v) is 6.99. The molecule has 1 aromatic heterocycles. The van der Waals surface area contributed by atoms with Crippen molar-refractivity contribution < 1.29 is 4.74 Å². The number of nitrogens with zero attached hydrogens (tertiary/aromatic N) is 1. The largest absolute Gasteiger partial charge is 0.490 e. The van der Waals surface area contributed by atoms with Gasteiger partial charge in [0.1, 0.15) is 11.9 Å². The highest BCUT2D eigenvalue weighted by atomic mass is 35.5. The summed E-state index contributed by atoms with van der Waals surface area (Å²) in [5.74, 6) is 0.986. The van der Waals surface area contributed by atoms with Crippen LogP contribution in [0.1, 0.15) is 32.3 Å². The van der Waals surface area contributed by atoms with Crippen molar-refractivity contribution in [2.24, 2.45) is 0 Å². The van der Waals surface area contributed by atoms with E-state index in [9.17, 15) is 0 Å². The number of aromatic amines is 1. The van der Waals surface area contributed by atoms with Crippen molar-refractivity contribution in [1.29, 1.82) is 0 Å². The summed E-state index contributed by atoms with van der Waals surface area (Å²) in [5.41, 5.74) is 2.24. The van der Waals surface area contributed by atoms with Gasteiger partial charge >= 0.3 is 0 Å². The average Bonchev–Trinajstić information content (AvgIpc) is 2.80. The van der Waals surface area contributed by atoms with Gasteiger partial charge < -0.3 is 10.1 Å². The summed E-state index contributed by atoms with van der Waals surface area (Å²) in [6, 6.07) is 5.13.